The summed E-state index contributed by atoms with van der Waals surface area (Å²) >= 11 is 5.98. The first-order chi connectivity index (χ1) is 13.6. The van der Waals surface area contributed by atoms with E-state index in [0.717, 1.165) is 10.7 Å². The van der Waals surface area contributed by atoms with Crippen molar-refractivity contribution in [1.82, 2.24) is 14.8 Å². The van der Waals surface area contributed by atoms with Crippen molar-refractivity contribution in [1.29, 1.82) is 0 Å². The van der Waals surface area contributed by atoms with Crippen molar-refractivity contribution in [3.63, 3.8) is 0 Å². The van der Waals surface area contributed by atoms with Gasteiger partial charge in [0.1, 0.15) is 17.2 Å². The number of rotatable bonds is 2. The second-order valence-electron chi connectivity index (χ2n) is 6.83. The molecule has 5 nitrogen and oxygen atoms in total. The largest absolute Gasteiger partial charge is 0.435 e. The number of fused-ring (bicyclic) bond motifs is 1. The van der Waals surface area contributed by atoms with Crippen LogP contribution in [0.4, 0.5) is 17.6 Å². The third-order valence-corrected chi connectivity index (χ3v) is 4.98. The van der Waals surface area contributed by atoms with Crippen LogP contribution in [0.25, 0.3) is 11.1 Å². The Balaban J connectivity index is 1.91. The highest BCUT2D eigenvalue weighted by Crippen LogP contribution is 2.41. The van der Waals surface area contributed by atoms with E-state index in [0.29, 0.717) is 16.1 Å². The summed E-state index contributed by atoms with van der Waals surface area (Å²) in [5.41, 5.74) is 4.64. The fourth-order valence-electron chi connectivity index (χ4n) is 3.45. The molecule has 0 saturated carbocycles. The van der Waals surface area contributed by atoms with E-state index >= 15 is 0 Å². The van der Waals surface area contributed by atoms with Gasteiger partial charge in [-0.15, -0.1) is 0 Å². The van der Waals surface area contributed by atoms with Crippen molar-refractivity contribution in [2.75, 3.05) is 0 Å². The van der Waals surface area contributed by atoms with Crippen molar-refractivity contribution < 1.29 is 17.6 Å². The first-order valence-corrected chi connectivity index (χ1v) is 8.86. The van der Waals surface area contributed by atoms with Gasteiger partial charge in [0.15, 0.2) is 5.69 Å². The summed E-state index contributed by atoms with van der Waals surface area (Å²) in [5.74, 6) is -0.586. The van der Waals surface area contributed by atoms with Gasteiger partial charge in [0, 0.05) is 23.5 Å². The van der Waals surface area contributed by atoms with Gasteiger partial charge < -0.3 is 5.73 Å². The molecule has 0 amide bonds. The molecule has 1 atom stereocenters. The maximum absolute atomic E-state index is 14.9. The van der Waals surface area contributed by atoms with Crippen LogP contribution in [0.15, 0.2) is 47.7 Å². The second-order valence-corrected chi connectivity index (χ2v) is 7.27. The SMILES string of the molecule is C[C@]1(c2cc(-c3cncc(Cl)c3)ccc2F)N=C(N)Cn2nc(C(F)(F)F)cc21. The van der Waals surface area contributed by atoms with Gasteiger partial charge in [-0.25, -0.2) is 4.39 Å². The molecule has 0 fully saturated rings. The number of nitrogens with zero attached hydrogens (tertiary/aromatic N) is 4. The Hall–Kier alpha value is -2.94. The van der Waals surface area contributed by atoms with Gasteiger partial charge in [-0.3, -0.25) is 14.7 Å². The number of aromatic nitrogens is 3. The summed E-state index contributed by atoms with van der Waals surface area (Å²) < 4.78 is 55.5. The molecular formula is C19H14ClF4N5. The lowest BCUT2D eigenvalue weighted by Gasteiger charge is -2.31. The molecule has 3 heterocycles. The summed E-state index contributed by atoms with van der Waals surface area (Å²) in [6.07, 6.45) is -1.64. The minimum Gasteiger partial charge on any atom is -0.386 e. The number of aliphatic imine (C=N–C) groups is 1. The van der Waals surface area contributed by atoms with Crippen LogP contribution in [0, 0.1) is 5.82 Å². The maximum Gasteiger partial charge on any atom is 0.435 e. The highest BCUT2D eigenvalue weighted by atomic mass is 35.5. The van der Waals surface area contributed by atoms with Gasteiger partial charge in [-0.1, -0.05) is 17.7 Å². The smallest absolute Gasteiger partial charge is 0.386 e. The van der Waals surface area contributed by atoms with E-state index in [1.54, 1.807) is 12.3 Å². The Bertz CT molecular complexity index is 1140. The zero-order valence-corrected chi connectivity index (χ0v) is 15.8. The van der Waals surface area contributed by atoms with Gasteiger partial charge >= 0.3 is 6.18 Å². The normalized spacial score (nSPS) is 19.0. The fourth-order valence-corrected chi connectivity index (χ4v) is 3.62. The number of hydrogen-bond acceptors (Lipinski definition) is 4. The van der Waals surface area contributed by atoms with E-state index in [2.05, 4.69) is 15.1 Å². The first kappa shape index (κ1) is 19.4. The molecule has 0 aliphatic carbocycles. The van der Waals surface area contributed by atoms with Crippen molar-refractivity contribution in [3.05, 3.63) is 70.5 Å². The van der Waals surface area contributed by atoms with E-state index in [1.807, 2.05) is 0 Å². The van der Waals surface area contributed by atoms with Gasteiger partial charge in [0.25, 0.3) is 0 Å². The molecule has 3 aromatic rings. The molecule has 1 aliphatic rings. The van der Waals surface area contributed by atoms with Crippen LogP contribution in [0.2, 0.25) is 5.02 Å². The van der Waals surface area contributed by atoms with Crippen molar-refractivity contribution >= 4 is 17.4 Å². The van der Waals surface area contributed by atoms with Crippen LogP contribution in [-0.4, -0.2) is 20.6 Å². The monoisotopic (exact) mass is 423 g/mol. The number of alkyl halides is 3. The molecule has 0 spiro atoms. The standard InChI is InChI=1S/C19H14ClF4N5/c1-18(16-6-15(19(22,23)24)28-29(16)9-17(25)27-18)13-5-10(2-3-14(13)21)11-4-12(20)8-26-7-11/h2-8H,9H2,1H3,(H2,25,27)/t18-/m1/s1. The summed E-state index contributed by atoms with van der Waals surface area (Å²) in [6, 6.07) is 6.79. The Kier molecular flexibility index (Phi) is 4.38. The van der Waals surface area contributed by atoms with E-state index in [-0.39, 0.29) is 23.6 Å². The van der Waals surface area contributed by atoms with E-state index in [4.69, 9.17) is 17.3 Å². The number of halogens is 5. The maximum atomic E-state index is 14.9. The molecular weight excluding hydrogens is 410 g/mol. The van der Waals surface area contributed by atoms with Crippen LogP contribution in [-0.2, 0) is 18.3 Å². The average molecular weight is 424 g/mol. The minimum absolute atomic E-state index is 0.0473. The summed E-state index contributed by atoms with van der Waals surface area (Å²) in [5, 5.41) is 3.99. The van der Waals surface area contributed by atoms with Gasteiger partial charge in [-0.2, -0.15) is 18.3 Å². The molecule has 0 saturated heterocycles. The van der Waals surface area contributed by atoms with Gasteiger partial charge in [0.05, 0.1) is 17.3 Å². The molecule has 0 bridgehead atoms. The Morgan fingerprint density at radius 3 is 2.59 bits per heavy atom. The van der Waals surface area contributed by atoms with Crippen LogP contribution < -0.4 is 5.73 Å². The molecule has 10 heteroatoms. The Labute approximate surface area is 167 Å². The lowest BCUT2D eigenvalue weighted by atomic mass is 9.85. The fraction of sp³-hybridized carbons (Fsp3) is 0.211. The second kappa shape index (κ2) is 6.55. The van der Waals surface area contributed by atoms with Crippen molar-refractivity contribution in [2.24, 2.45) is 10.7 Å². The van der Waals surface area contributed by atoms with E-state index < -0.39 is 23.2 Å². The zero-order valence-electron chi connectivity index (χ0n) is 15.0. The van der Waals surface area contributed by atoms with Crippen LogP contribution in [0.5, 0.6) is 0 Å². The topological polar surface area (TPSA) is 69.1 Å². The van der Waals surface area contributed by atoms with Crippen molar-refractivity contribution in [3.8, 4) is 11.1 Å². The Morgan fingerprint density at radius 1 is 1.14 bits per heavy atom. The molecule has 0 radical (unpaired) electrons. The number of amidine groups is 1. The molecule has 2 aromatic heterocycles. The predicted molar refractivity (Wildman–Crippen MR) is 99.9 cm³/mol. The number of hydrogen-bond donors (Lipinski definition) is 1. The molecule has 29 heavy (non-hydrogen) atoms. The summed E-state index contributed by atoms with van der Waals surface area (Å²) in [6.45, 7) is 1.39. The Morgan fingerprint density at radius 2 is 1.90 bits per heavy atom. The van der Waals surface area contributed by atoms with Crippen LogP contribution in [0.3, 0.4) is 0 Å². The molecule has 150 valence electrons. The van der Waals surface area contributed by atoms with Crippen molar-refractivity contribution in [2.45, 2.75) is 25.2 Å². The average Bonchev–Trinajstić information content (AvgIpc) is 3.07. The van der Waals surface area contributed by atoms with Gasteiger partial charge in [-0.05, 0) is 36.8 Å². The van der Waals surface area contributed by atoms with Crippen LogP contribution in [0.1, 0.15) is 23.9 Å². The zero-order chi connectivity index (χ0) is 21.0. The molecule has 0 unspecified atom stereocenters. The lowest BCUT2D eigenvalue weighted by Crippen LogP contribution is -2.37. The predicted octanol–water partition coefficient (Wildman–Crippen LogP) is 4.39. The third kappa shape index (κ3) is 3.35. The quantitative estimate of drug-likeness (QED) is 0.621. The molecule has 1 aromatic carbocycles. The molecule has 2 N–H and O–H groups in total. The molecule has 1 aliphatic heterocycles. The number of nitrogens with two attached hydrogens (primary N) is 1. The van der Waals surface area contributed by atoms with Crippen LogP contribution >= 0.6 is 11.6 Å². The van der Waals surface area contributed by atoms with E-state index in [1.165, 1.54) is 31.3 Å². The molecule has 4 rings (SSSR count). The third-order valence-electron chi connectivity index (χ3n) is 4.78. The highest BCUT2D eigenvalue weighted by Gasteiger charge is 2.42. The number of benzene rings is 1. The van der Waals surface area contributed by atoms with Gasteiger partial charge in [0.2, 0.25) is 0 Å². The summed E-state index contributed by atoms with van der Waals surface area (Å²) in [7, 11) is 0. The summed E-state index contributed by atoms with van der Waals surface area (Å²) in [4.78, 5) is 8.33. The number of pyridine rings is 1. The first-order valence-electron chi connectivity index (χ1n) is 8.48. The minimum atomic E-state index is -4.65. The van der Waals surface area contributed by atoms with E-state index in [9.17, 15) is 17.6 Å². The highest BCUT2D eigenvalue weighted by molar-refractivity contribution is 6.30. The lowest BCUT2D eigenvalue weighted by molar-refractivity contribution is -0.141.